The second kappa shape index (κ2) is 3.66. The summed E-state index contributed by atoms with van der Waals surface area (Å²) >= 11 is 1.58. The Morgan fingerprint density at radius 3 is 2.59 bits per heavy atom. The van der Waals surface area contributed by atoms with E-state index in [1.54, 1.807) is 17.5 Å². The first-order valence-corrected chi connectivity index (χ1v) is 6.22. The Balaban J connectivity index is 2.25. The van der Waals surface area contributed by atoms with Crippen LogP contribution in [0.4, 0.5) is 0 Å². The zero-order valence-corrected chi connectivity index (χ0v) is 10.7. The van der Waals surface area contributed by atoms with Crippen molar-refractivity contribution in [3.63, 3.8) is 0 Å². The molecule has 0 saturated carbocycles. The van der Waals surface area contributed by atoms with Gasteiger partial charge < -0.3 is 0 Å². The van der Waals surface area contributed by atoms with Gasteiger partial charge in [-0.15, -0.1) is 0 Å². The summed E-state index contributed by atoms with van der Waals surface area (Å²) < 4.78 is 2.13. The summed E-state index contributed by atoms with van der Waals surface area (Å²) in [5.74, 6) is 0. The van der Waals surface area contributed by atoms with Gasteiger partial charge in [0.2, 0.25) is 0 Å². The van der Waals surface area contributed by atoms with Gasteiger partial charge in [0.25, 0.3) is 0 Å². The molecule has 0 atom stereocenters. The quantitative estimate of drug-likeness (QED) is 0.591. The highest BCUT2D eigenvalue weighted by Crippen LogP contribution is 2.24. The summed E-state index contributed by atoms with van der Waals surface area (Å²) in [6, 6.07) is 4.18. The number of fused-ring (bicyclic) bond motifs is 1. The fraction of sp³-hybridized carbons (Fsp3) is 0.182. The van der Waals surface area contributed by atoms with Crippen LogP contribution in [0.1, 0.15) is 11.4 Å². The molecule has 6 heteroatoms. The molecule has 0 bridgehead atoms. The minimum Gasteiger partial charge on any atom is -0.295 e. The van der Waals surface area contributed by atoms with Crippen molar-refractivity contribution < 1.29 is 0 Å². The van der Waals surface area contributed by atoms with Crippen molar-refractivity contribution in [3.05, 3.63) is 29.7 Å². The summed E-state index contributed by atoms with van der Waals surface area (Å²) in [4.78, 5) is 14.2. The summed E-state index contributed by atoms with van der Waals surface area (Å²) in [6.45, 7) is 4.15. The Bertz CT molecular complexity index is 681. The zero-order chi connectivity index (χ0) is 12.0. The van der Waals surface area contributed by atoms with Gasteiger partial charge in [-0.25, -0.2) is 9.97 Å². The molecule has 0 saturated heterocycles. The van der Waals surface area contributed by atoms with Gasteiger partial charge in [0.15, 0.2) is 23.5 Å². The van der Waals surface area contributed by atoms with Crippen LogP contribution in [0.3, 0.4) is 0 Å². The normalized spacial score (nSPS) is 11.2. The summed E-state index contributed by atoms with van der Waals surface area (Å²) in [7, 11) is 1.94. The van der Waals surface area contributed by atoms with Crippen LogP contribution in [0, 0.1) is 13.8 Å². The van der Waals surface area contributed by atoms with Gasteiger partial charge in [0, 0.05) is 23.2 Å². The molecule has 0 spiro atoms. The number of hydrogen-bond donors (Lipinski definition) is 0. The molecule has 0 radical (unpaired) electrons. The van der Waals surface area contributed by atoms with Crippen LogP contribution >= 0.6 is 11.3 Å². The van der Waals surface area contributed by atoms with Gasteiger partial charge in [-0.3, -0.25) is 4.57 Å². The molecule has 0 aromatic carbocycles. The molecule has 0 N–H and O–H groups in total. The summed E-state index contributed by atoms with van der Waals surface area (Å²) in [6.07, 6.45) is 1.75. The van der Waals surface area contributed by atoms with E-state index >= 15 is 0 Å². The summed E-state index contributed by atoms with van der Waals surface area (Å²) in [5, 5.41) is 0.936. The Morgan fingerprint density at radius 2 is 1.88 bits per heavy atom. The average molecular weight is 242 g/mol. The predicted molar refractivity (Wildman–Crippen MR) is 72.2 cm³/mol. The highest BCUT2D eigenvalue weighted by Gasteiger charge is 2.11. The van der Waals surface area contributed by atoms with Gasteiger partial charge >= 0.3 is 0 Å². The van der Waals surface area contributed by atoms with Crippen molar-refractivity contribution in [1.82, 2.24) is 19.5 Å². The number of rotatable bonds is 1. The fourth-order valence-corrected chi connectivity index (χ4v) is 2.92. The van der Waals surface area contributed by atoms with Crippen molar-refractivity contribution in [2.75, 3.05) is 0 Å². The van der Waals surface area contributed by atoms with Gasteiger partial charge in [-0.05, 0) is 26.0 Å². The lowest BCUT2D eigenvalue weighted by Crippen LogP contribution is -2.07. The van der Waals surface area contributed by atoms with Crippen LogP contribution < -0.4 is 5.59 Å². The van der Waals surface area contributed by atoms with Gasteiger partial charge in [-0.1, -0.05) is 11.3 Å². The topological polar surface area (TPSA) is 43.6 Å². The third kappa shape index (κ3) is 1.65. The lowest BCUT2D eigenvalue weighted by Gasteiger charge is -2.02. The van der Waals surface area contributed by atoms with E-state index < -0.39 is 0 Å². The van der Waals surface area contributed by atoms with E-state index in [1.165, 1.54) is 11.4 Å². The zero-order valence-electron chi connectivity index (χ0n) is 9.93. The molecule has 3 rings (SSSR count). The van der Waals surface area contributed by atoms with Crippen LogP contribution in [0.2, 0.25) is 0 Å². The lowest BCUT2D eigenvalue weighted by atomic mass is 10.1. The van der Waals surface area contributed by atoms with Crippen LogP contribution in [0.5, 0.6) is 0 Å². The van der Waals surface area contributed by atoms with E-state index in [4.69, 9.17) is 0 Å². The molecular formula is C11H11BN4S. The molecule has 3 heterocycles. The first-order chi connectivity index (χ1) is 8.15. The third-order valence-corrected chi connectivity index (χ3v) is 3.62. The Morgan fingerprint density at radius 1 is 1.18 bits per heavy atom. The van der Waals surface area contributed by atoms with Gasteiger partial charge in [0.05, 0.1) is 0 Å². The fourth-order valence-electron chi connectivity index (χ4n) is 1.86. The average Bonchev–Trinajstić information content (AvgIpc) is 2.81. The summed E-state index contributed by atoms with van der Waals surface area (Å²) in [5.41, 5.74) is 4.01. The number of nitrogens with zero attached hydrogens (tertiary/aromatic N) is 4. The first-order valence-electron chi connectivity index (χ1n) is 5.40. The predicted octanol–water partition coefficient (Wildman–Crippen LogP) is 0.752. The van der Waals surface area contributed by atoms with Crippen molar-refractivity contribution in [2.24, 2.45) is 0 Å². The molecule has 84 valence electrons. The van der Waals surface area contributed by atoms with Crippen LogP contribution in [-0.4, -0.2) is 27.4 Å². The van der Waals surface area contributed by atoms with E-state index in [0.29, 0.717) is 0 Å². The highest BCUT2D eigenvalue weighted by atomic mass is 32.1. The lowest BCUT2D eigenvalue weighted by molar-refractivity contribution is 0.953. The maximum Gasteiger partial charge on any atom is 0.198 e. The second-order valence-corrected chi connectivity index (χ2v) is 5.04. The van der Waals surface area contributed by atoms with Crippen molar-refractivity contribution in [1.29, 1.82) is 0 Å². The minimum absolute atomic E-state index is 0.725. The number of hydrogen-bond acceptors (Lipinski definition) is 4. The van der Waals surface area contributed by atoms with Gasteiger partial charge in [0.1, 0.15) is 0 Å². The Labute approximate surface area is 104 Å². The molecule has 0 fully saturated rings. The highest BCUT2D eigenvalue weighted by molar-refractivity contribution is 7.20. The molecule has 0 unspecified atom stereocenters. The molecule has 0 aliphatic rings. The Kier molecular flexibility index (Phi) is 2.26. The van der Waals surface area contributed by atoms with Crippen molar-refractivity contribution in [3.8, 4) is 5.13 Å². The molecule has 0 aliphatic carbocycles. The maximum atomic E-state index is 4.53. The molecule has 0 aliphatic heterocycles. The van der Waals surface area contributed by atoms with E-state index in [2.05, 4.69) is 45.5 Å². The molecule has 3 aromatic rings. The molecule has 3 aromatic heterocycles. The van der Waals surface area contributed by atoms with E-state index in [1.807, 2.05) is 7.85 Å². The standard InChI is InChI=1S/C11H11BN4S/c1-6-3-4-7(2)16(6)11-15-9-10(17-11)14-8(12)5-13-9/h3-5H,12H2,1-2H3. The molecule has 0 amide bonds. The monoisotopic (exact) mass is 242 g/mol. The van der Waals surface area contributed by atoms with E-state index in [0.717, 1.165) is 21.2 Å². The minimum atomic E-state index is 0.725. The van der Waals surface area contributed by atoms with Crippen LogP contribution in [0.15, 0.2) is 18.3 Å². The number of aromatic nitrogens is 4. The first kappa shape index (κ1) is 10.5. The molecular weight excluding hydrogens is 231 g/mol. The van der Waals surface area contributed by atoms with Crippen LogP contribution in [-0.2, 0) is 0 Å². The smallest absolute Gasteiger partial charge is 0.198 e. The largest absolute Gasteiger partial charge is 0.295 e. The maximum absolute atomic E-state index is 4.53. The molecule has 17 heavy (non-hydrogen) atoms. The number of aryl methyl sites for hydroxylation is 2. The van der Waals surface area contributed by atoms with E-state index in [-0.39, 0.29) is 0 Å². The third-order valence-electron chi connectivity index (χ3n) is 2.69. The van der Waals surface area contributed by atoms with Gasteiger partial charge in [-0.2, -0.15) is 4.98 Å². The van der Waals surface area contributed by atoms with Crippen molar-refractivity contribution >= 4 is 35.3 Å². The molecule has 4 nitrogen and oxygen atoms in total. The SMILES string of the molecule is Bc1cnc2nc(-n3c(C)ccc3C)sc2n1. The number of thiazole rings is 1. The second-order valence-electron chi connectivity index (χ2n) is 4.09. The van der Waals surface area contributed by atoms with Crippen LogP contribution in [0.25, 0.3) is 15.6 Å². The Hall–Kier alpha value is -1.69. The van der Waals surface area contributed by atoms with E-state index in [9.17, 15) is 0 Å². The van der Waals surface area contributed by atoms with Crippen molar-refractivity contribution in [2.45, 2.75) is 13.8 Å².